The molecule has 0 bridgehead atoms. The molecule has 0 aliphatic heterocycles. The Morgan fingerprint density at radius 3 is 2.41 bits per heavy atom. The third-order valence-electron chi connectivity index (χ3n) is 6.34. The average Bonchev–Trinajstić information content (AvgIpc) is 3.71. The maximum Gasteiger partial charge on any atom is 0.338 e. The van der Waals surface area contributed by atoms with Crippen LogP contribution in [0.25, 0.3) is 11.1 Å². The maximum absolute atomic E-state index is 13.5. The molecule has 0 saturated heterocycles. The van der Waals surface area contributed by atoms with E-state index in [1.54, 1.807) is 63.2 Å². The highest BCUT2D eigenvalue weighted by Crippen LogP contribution is 2.38. The Balaban J connectivity index is 1.63. The molecular formula is C30H30ClN3O5. The normalized spacial score (nSPS) is 13.7. The highest BCUT2D eigenvalue weighted by molar-refractivity contribution is 6.31. The van der Waals surface area contributed by atoms with Crippen molar-refractivity contribution in [3.63, 3.8) is 0 Å². The van der Waals surface area contributed by atoms with Gasteiger partial charge in [-0.3, -0.25) is 14.2 Å². The molecule has 1 atom stereocenters. The summed E-state index contributed by atoms with van der Waals surface area (Å²) in [5.41, 5.74) is 1.06. The number of hydrogen-bond acceptors (Lipinski definition) is 6. The van der Waals surface area contributed by atoms with Crippen molar-refractivity contribution >= 4 is 29.2 Å². The van der Waals surface area contributed by atoms with E-state index in [1.165, 1.54) is 23.9 Å². The predicted molar refractivity (Wildman–Crippen MR) is 149 cm³/mol. The molecule has 202 valence electrons. The molecular weight excluding hydrogens is 518 g/mol. The molecule has 1 aliphatic rings. The molecule has 0 radical (unpaired) electrons. The fourth-order valence-corrected chi connectivity index (χ4v) is 4.42. The van der Waals surface area contributed by atoms with Gasteiger partial charge in [0.2, 0.25) is 5.91 Å². The van der Waals surface area contributed by atoms with E-state index in [4.69, 9.17) is 21.1 Å². The second kappa shape index (κ2) is 11.3. The molecule has 39 heavy (non-hydrogen) atoms. The number of ether oxygens (including phenoxy) is 2. The number of halogens is 1. The fraction of sp³-hybridized carbons (Fsp3) is 0.333. The molecule has 1 aliphatic carbocycles. The molecule has 8 nitrogen and oxygen atoms in total. The van der Waals surface area contributed by atoms with Crippen LogP contribution in [0.5, 0.6) is 5.75 Å². The Hall–Kier alpha value is -4.09. The lowest BCUT2D eigenvalue weighted by Crippen LogP contribution is -2.33. The largest absolute Gasteiger partial charge is 0.495 e. The molecule has 0 spiro atoms. The molecule has 1 amide bonds. The maximum atomic E-state index is 13.5. The van der Waals surface area contributed by atoms with E-state index in [-0.39, 0.29) is 5.91 Å². The smallest absolute Gasteiger partial charge is 0.338 e. The Kier molecular flexibility index (Phi) is 8.12. The highest BCUT2D eigenvalue weighted by Gasteiger charge is 2.32. The molecule has 9 heteroatoms. The first-order valence-corrected chi connectivity index (χ1v) is 13.0. The lowest BCUT2D eigenvalue weighted by Gasteiger charge is -2.22. The second-order valence-electron chi connectivity index (χ2n) is 10.6. The van der Waals surface area contributed by atoms with Crippen molar-refractivity contribution in [2.45, 2.75) is 51.7 Å². The summed E-state index contributed by atoms with van der Waals surface area (Å²) in [6.07, 6.45) is 3.99. The Labute approximate surface area is 232 Å². The van der Waals surface area contributed by atoms with Gasteiger partial charge in [0.15, 0.2) is 0 Å². The number of aromatic nitrogens is 1. The van der Waals surface area contributed by atoms with E-state index in [2.05, 4.69) is 11.4 Å². The number of benzene rings is 2. The molecule has 2 aromatic carbocycles. The Morgan fingerprint density at radius 1 is 1.13 bits per heavy atom. The first kappa shape index (κ1) is 27.9. The third kappa shape index (κ3) is 6.87. The minimum Gasteiger partial charge on any atom is -0.495 e. The Bertz CT molecular complexity index is 1490. The molecule has 1 heterocycles. The van der Waals surface area contributed by atoms with Crippen molar-refractivity contribution in [3.05, 3.63) is 81.2 Å². The van der Waals surface area contributed by atoms with Crippen molar-refractivity contribution in [3.8, 4) is 22.9 Å². The van der Waals surface area contributed by atoms with Crippen LogP contribution in [0.15, 0.2) is 59.5 Å². The summed E-state index contributed by atoms with van der Waals surface area (Å²) < 4.78 is 12.4. The first-order valence-electron chi connectivity index (χ1n) is 12.6. The summed E-state index contributed by atoms with van der Waals surface area (Å²) in [4.78, 5) is 39.1. The first-order chi connectivity index (χ1) is 18.5. The number of nitrogens with zero attached hydrogens (tertiary/aromatic N) is 2. The number of methoxy groups -OCH3 is 1. The van der Waals surface area contributed by atoms with Crippen LogP contribution in [0.1, 0.15) is 62.0 Å². The van der Waals surface area contributed by atoms with E-state index in [0.29, 0.717) is 51.1 Å². The van der Waals surface area contributed by atoms with Gasteiger partial charge in [-0.25, -0.2) is 4.79 Å². The standard InChI is InChI=1S/C30H30ClN3O5/c1-30(2,3)39-29(37)19-8-11-22(12-9-19)33-28(36)25(13-18-5-6-18)34-17-26(38-4)24(15-27(34)35)23-14-21(31)10-7-20(23)16-32/h7-12,14-15,17-18,25H,5-6,13H2,1-4H3,(H,33,36). The van der Waals surface area contributed by atoms with Crippen molar-refractivity contribution in [1.82, 2.24) is 4.57 Å². The van der Waals surface area contributed by atoms with Crippen LogP contribution in [0.3, 0.4) is 0 Å². The zero-order valence-electron chi connectivity index (χ0n) is 22.3. The van der Waals surface area contributed by atoms with Crippen LogP contribution >= 0.6 is 11.6 Å². The van der Waals surface area contributed by atoms with Crippen LogP contribution < -0.4 is 15.6 Å². The van der Waals surface area contributed by atoms with Crippen LogP contribution in [-0.4, -0.2) is 29.2 Å². The summed E-state index contributed by atoms with van der Waals surface area (Å²) in [6.45, 7) is 5.38. The Morgan fingerprint density at radius 2 is 1.82 bits per heavy atom. The zero-order chi connectivity index (χ0) is 28.3. The third-order valence-corrected chi connectivity index (χ3v) is 6.57. The van der Waals surface area contributed by atoms with Gasteiger partial charge in [-0.05, 0) is 75.6 Å². The molecule has 1 N–H and O–H groups in total. The zero-order valence-corrected chi connectivity index (χ0v) is 23.0. The number of esters is 1. The van der Waals surface area contributed by atoms with Gasteiger partial charge in [0, 0.05) is 27.9 Å². The van der Waals surface area contributed by atoms with Gasteiger partial charge in [-0.1, -0.05) is 24.4 Å². The summed E-state index contributed by atoms with van der Waals surface area (Å²) >= 11 is 6.17. The summed E-state index contributed by atoms with van der Waals surface area (Å²) in [7, 11) is 1.46. The van der Waals surface area contributed by atoms with Gasteiger partial charge >= 0.3 is 5.97 Å². The van der Waals surface area contributed by atoms with E-state index in [1.807, 2.05) is 0 Å². The number of nitrogens with one attached hydrogen (secondary N) is 1. The van der Waals surface area contributed by atoms with Crippen LogP contribution in [0, 0.1) is 17.2 Å². The van der Waals surface area contributed by atoms with Gasteiger partial charge in [-0.2, -0.15) is 5.26 Å². The molecule has 1 saturated carbocycles. The lowest BCUT2D eigenvalue weighted by atomic mass is 10.00. The van der Waals surface area contributed by atoms with Crippen molar-refractivity contribution in [2.24, 2.45) is 5.92 Å². The van der Waals surface area contributed by atoms with Crippen LogP contribution in [0.4, 0.5) is 5.69 Å². The predicted octanol–water partition coefficient (Wildman–Crippen LogP) is 5.98. The van der Waals surface area contributed by atoms with Crippen LogP contribution in [0.2, 0.25) is 5.02 Å². The molecule has 4 rings (SSSR count). The monoisotopic (exact) mass is 547 g/mol. The number of rotatable bonds is 8. The summed E-state index contributed by atoms with van der Waals surface area (Å²) in [5.74, 6) is -0.135. The SMILES string of the molecule is COc1cn(C(CC2CC2)C(=O)Nc2ccc(C(=O)OC(C)(C)C)cc2)c(=O)cc1-c1cc(Cl)ccc1C#N. The molecule has 1 unspecified atom stereocenters. The molecule has 1 aromatic heterocycles. The minimum absolute atomic E-state index is 0.337. The molecule has 3 aromatic rings. The van der Waals surface area contributed by atoms with E-state index < -0.39 is 23.2 Å². The van der Waals surface area contributed by atoms with Gasteiger partial charge in [-0.15, -0.1) is 0 Å². The van der Waals surface area contributed by atoms with Crippen molar-refractivity contribution < 1.29 is 19.1 Å². The van der Waals surface area contributed by atoms with Gasteiger partial charge in [0.1, 0.15) is 17.4 Å². The van der Waals surface area contributed by atoms with Gasteiger partial charge in [0.25, 0.3) is 5.56 Å². The van der Waals surface area contributed by atoms with Crippen LogP contribution in [-0.2, 0) is 9.53 Å². The number of nitriles is 1. The quantitative estimate of drug-likeness (QED) is 0.347. The molecule has 1 fully saturated rings. The number of pyridine rings is 1. The number of amides is 1. The number of carbonyl (C=O) groups is 2. The number of carbonyl (C=O) groups excluding carboxylic acids is 2. The van der Waals surface area contributed by atoms with E-state index in [0.717, 1.165) is 12.8 Å². The van der Waals surface area contributed by atoms with E-state index in [9.17, 15) is 19.6 Å². The number of anilines is 1. The van der Waals surface area contributed by atoms with Crippen molar-refractivity contribution in [2.75, 3.05) is 12.4 Å². The average molecular weight is 548 g/mol. The summed E-state index contributed by atoms with van der Waals surface area (Å²) in [6, 6.07) is 13.9. The minimum atomic E-state index is -0.784. The fourth-order valence-electron chi connectivity index (χ4n) is 4.25. The lowest BCUT2D eigenvalue weighted by molar-refractivity contribution is -0.119. The second-order valence-corrected chi connectivity index (χ2v) is 11.0. The van der Waals surface area contributed by atoms with Crippen molar-refractivity contribution in [1.29, 1.82) is 5.26 Å². The van der Waals surface area contributed by atoms with Gasteiger partial charge in [0.05, 0.1) is 30.5 Å². The highest BCUT2D eigenvalue weighted by atomic mass is 35.5. The van der Waals surface area contributed by atoms with E-state index >= 15 is 0 Å². The topological polar surface area (TPSA) is 110 Å². The summed E-state index contributed by atoms with van der Waals surface area (Å²) in [5, 5.41) is 12.9. The number of hydrogen-bond donors (Lipinski definition) is 1. The van der Waals surface area contributed by atoms with Gasteiger partial charge < -0.3 is 14.8 Å².